The largest absolute Gasteiger partial charge is 0.337 e. The van der Waals surface area contributed by atoms with E-state index in [1.54, 1.807) is 12.1 Å². The van der Waals surface area contributed by atoms with E-state index in [1.807, 2.05) is 0 Å². The van der Waals surface area contributed by atoms with Crippen LogP contribution in [0.4, 0.5) is 13.2 Å². The van der Waals surface area contributed by atoms with Gasteiger partial charge in [0.1, 0.15) is 0 Å². The minimum atomic E-state index is -1.59. The van der Waals surface area contributed by atoms with E-state index in [0.717, 1.165) is 4.88 Å². The third-order valence-electron chi connectivity index (χ3n) is 2.60. The maximum Gasteiger partial charge on any atom is 0.254 e. The molecule has 0 atom stereocenters. The fourth-order valence-corrected chi connectivity index (χ4v) is 2.78. The Morgan fingerprint density at radius 3 is 2.35 bits per heavy atom. The number of halogens is 4. The van der Waals surface area contributed by atoms with Crippen LogP contribution < -0.4 is 0 Å². The summed E-state index contributed by atoms with van der Waals surface area (Å²) in [5.74, 6) is -4.97. The van der Waals surface area contributed by atoms with Crippen LogP contribution in [0.1, 0.15) is 15.2 Å². The summed E-state index contributed by atoms with van der Waals surface area (Å²) >= 11 is 7.07. The predicted octanol–water partition coefficient (Wildman–Crippen LogP) is 4.09. The number of carbonyl (C=O) groups is 1. The van der Waals surface area contributed by atoms with Gasteiger partial charge in [0, 0.05) is 17.5 Å². The first kappa shape index (κ1) is 14.9. The molecule has 0 radical (unpaired) electrons. The molecule has 1 aromatic heterocycles. The van der Waals surface area contributed by atoms with Gasteiger partial charge < -0.3 is 4.90 Å². The molecule has 1 aromatic carbocycles. The van der Waals surface area contributed by atoms with E-state index < -0.39 is 23.4 Å². The molecule has 0 unspecified atom stereocenters. The summed E-state index contributed by atoms with van der Waals surface area (Å²) in [4.78, 5) is 14.1. The lowest BCUT2D eigenvalue weighted by molar-refractivity contribution is 0.0785. The fraction of sp³-hybridized carbons (Fsp3) is 0.154. The molecule has 1 heterocycles. The molecule has 2 aromatic rings. The number of thiophene rings is 1. The Hall–Kier alpha value is -1.53. The van der Waals surface area contributed by atoms with Gasteiger partial charge in [-0.15, -0.1) is 11.3 Å². The third kappa shape index (κ3) is 3.13. The van der Waals surface area contributed by atoms with Gasteiger partial charge in [-0.3, -0.25) is 4.79 Å². The van der Waals surface area contributed by atoms with Gasteiger partial charge in [0.25, 0.3) is 5.91 Å². The van der Waals surface area contributed by atoms with Crippen molar-refractivity contribution in [3.05, 3.63) is 56.5 Å². The molecule has 0 saturated carbocycles. The van der Waals surface area contributed by atoms with E-state index in [2.05, 4.69) is 0 Å². The monoisotopic (exact) mass is 319 g/mol. The van der Waals surface area contributed by atoms with Gasteiger partial charge in [-0.05, 0) is 24.3 Å². The number of rotatable bonds is 3. The second-order valence-electron chi connectivity index (χ2n) is 4.12. The van der Waals surface area contributed by atoms with Gasteiger partial charge in [0.2, 0.25) is 0 Å². The third-order valence-corrected chi connectivity index (χ3v) is 3.82. The number of nitrogens with zero attached hydrogens (tertiary/aromatic N) is 1. The average Bonchev–Trinajstić information content (AvgIpc) is 2.79. The van der Waals surface area contributed by atoms with E-state index in [9.17, 15) is 18.0 Å². The predicted molar refractivity (Wildman–Crippen MR) is 71.4 cm³/mol. The van der Waals surface area contributed by atoms with Gasteiger partial charge in [-0.1, -0.05) is 11.6 Å². The summed E-state index contributed by atoms with van der Waals surface area (Å²) < 4.78 is 39.6. The van der Waals surface area contributed by atoms with Crippen LogP contribution in [0.5, 0.6) is 0 Å². The van der Waals surface area contributed by atoms with Gasteiger partial charge in [0.15, 0.2) is 17.5 Å². The number of hydrogen-bond donors (Lipinski definition) is 0. The molecule has 0 aliphatic rings. The Morgan fingerprint density at radius 1 is 1.25 bits per heavy atom. The molecule has 2 rings (SSSR count). The highest BCUT2D eigenvalue weighted by Crippen LogP contribution is 2.23. The van der Waals surface area contributed by atoms with Crippen molar-refractivity contribution in [1.82, 2.24) is 4.90 Å². The van der Waals surface area contributed by atoms with Crippen molar-refractivity contribution < 1.29 is 18.0 Å². The van der Waals surface area contributed by atoms with Crippen LogP contribution in [0.25, 0.3) is 0 Å². The van der Waals surface area contributed by atoms with Crippen molar-refractivity contribution in [3.8, 4) is 0 Å². The smallest absolute Gasteiger partial charge is 0.254 e. The van der Waals surface area contributed by atoms with Crippen molar-refractivity contribution in [1.29, 1.82) is 0 Å². The Labute approximate surface area is 122 Å². The highest BCUT2D eigenvalue weighted by Gasteiger charge is 2.18. The molecule has 0 aliphatic carbocycles. The molecule has 1 amide bonds. The lowest BCUT2D eigenvalue weighted by Gasteiger charge is -2.16. The molecule has 0 N–H and O–H groups in total. The number of carbonyl (C=O) groups excluding carboxylic acids is 1. The summed E-state index contributed by atoms with van der Waals surface area (Å²) in [5, 5.41) is 0. The molecule has 0 saturated heterocycles. The van der Waals surface area contributed by atoms with Crippen LogP contribution in [0.15, 0.2) is 24.3 Å². The summed E-state index contributed by atoms with van der Waals surface area (Å²) in [6, 6.07) is 4.80. The van der Waals surface area contributed by atoms with E-state index in [4.69, 9.17) is 11.6 Å². The average molecular weight is 320 g/mol. The van der Waals surface area contributed by atoms with Crippen molar-refractivity contribution in [2.24, 2.45) is 0 Å². The molecule has 0 aliphatic heterocycles. The van der Waals surface area contributed by atoms with E-state index in [1.165, 1.54) is 23.3 Å². The second-order valence-corrected chi connectivity index (χ2v) is 5.92. The molecule has 0 bridgehead atoms. The van der Waals surface area contributed by atoms with E-state index in [-0.39, 0.29) is 12.1 Å². The molecular formula is C13H9ClF3NOS. The molecule has 0 fully saturated rings. The molecular weight excluding hydrogens is 311 g/mol. The maximum atomic E-state index is 13.1. The summed E-state index contributed by atoms with van der Waals surface area (Å²) in [6.45, 7) is 0.247. The lowest BCUT2D eigenvalue weighted by atomic mass is 10.2. The van der Waals surface area contributed by atoms with Gasteiger partial charge >= 0.3 is 0 Å². The quantitative estimate of drug-likeness (QED) is 0.780. The summed E-state index contributed by atoms with van der Waals surface area (Å²) in [6.07, 6.45) is 0. The summed E-state index contributed by atoms with van der Waals surface area (Å²) in [5.41, 5.74) is -0.244. The van der Waals surface area contributed by atoms with Crippen molar-refractivity contribution in [2.45, 2.75) is 6.54 Å². The Kier molecular flexibility index (Phi) is 4.35. The number of hydrogen-bond acceptors (Lipinski definition) is 2. The molecule has 20 heavy (non-hydrogen) atoms. The number of benzene rings is 1. The Bertz CT molecular complexity index is 636. The van der Waals surface area contributed by atoms with Crippen LogP contribution in [-0.4, -0.2) is 17.9 Å². The van der Waals surface area contributed by atoms with Crippen molar-refractivity contribution in [2.75, 3.05) is 7.05 Å². The minimum Gasteiger partial charge on any atom is -0.337 e. The highest BCUT2D eigenvalue weighted by atomic mass is 35.5. The van der Waals surface area contributed by atoms with Gasteiger partial charge in [0.05, 0.1) is 10.9 Å². The first-order chi connectivity index (χ1) is 9.38. The molecule has 0 spiro atoms. The van der Waals surface area contributed by atoms with Crippen LogP contribution in [0, 0.1) is 17.5 Å². The van der Waals surface area contributed by atoms with Crippen LogP contribution >= 0.6 is 22.9 Å². The van der Waals surface area contributed by atoms with Crippen LogP contribution in [0.3, 0.4) is 0 Å². The lowest BCUT2D eigenvalue weighted by Crippen LogP contribution is -2.26. The number of amides is 1. The Morgan fingerprint density at radius 2 is 1.85 bits per heavy atom. The van der Waals surface area contributed by atoms with Crippen LogP contribution in [-0.2, 0) is 6.54 Å². The second kappa shape index (κ2) is 5.85. The zero-order valence-corrected chi connectivity index (χ0v) is 11.9. The van der Waals surface area contributed by atoms with Crippen LogP contribution in [0.2, 0.25) is 4.34 Å². The van der Waals surface area contributed by atoms with Crippen molar-refractivity contribution >= 4 is 28.8 Å². The topological polar surface area (TPSA) is 20.3 Å². The first-order valence-electron chi connectivity index (χ1n) is 5.52. The van der Waals surface area contributed by atoms with E-state index in [0.29, 0.717) is 16.5 Å². The SMILES string of the molecule is CN(Cc1ccc(Cl)s1)C(=O)c1cc(F)c(F)c(F)c1. The standard InChI is InChI=1S/C13H9ClF3NOS/c1-18(6-8-2-3-11(14)20-8)13(19)7-4-9(15)12(17)10(16)5-7/h2-5H,6H2,1H3. The zero-order valence-electron chi connectivity index (χ0n) is 10.3. The zero-order chi connectivity index (χ0) is 14.9. The van der Waals surface area contributed by atoms with E-state index >= 15 is 0 Å². The minimum absolute atomic E-state index is 0.244. The molecule has 2 nitrogen and oxygen atoms in total. The van der Waals surface area contributed by atoms with Gasteiger partial charge in [-0.2, -0.15) is 0 Å². The fourth-order valence-electron chi connectivity index (χ4n) is 1.64. The van der Waals surface area contributed by atoms with Crippen molar-refractivity contribution in [3.63, 3.8) is 0 Å². The first-order valence-corrected chi connectivity index (χ1v) is 6.72. The maximum absolute atomic E-state index is 13.1. The van der Waals surface area contributed by atoms with Gasteiger partial charge in [-0.25, -0.2) is 13.2 Å². The normalized spacial score (nSPS) is 10.7. The molecule has 106 valence electrons. The Balaban J connectivity index is 2.18. The summed E-state index contributed by atoms with van der Waals surface area (Å²) in [7, 11) is 1.48. The highest BCUT2D eigenvalue weighted by molar-refractivity contribution is 7.16. The molecule has 7 heteroatoms.